The van der Waals surface area contributed by atoms with Crippen LogP contribution in [0, 0.1) is 0 Å². The van der Waals surface area contributed by atoms with Crippen LogP contribution < -0.4 is 5.73 Å². The molecule has 0 unspecified atom stereocenters. The summed E-state index contributed by atoms with van der Waals surface area (Å²) in [4.78, 5) is 10.5. The lowest BCUT2D eigenvalue weighted by molar-refractivity contribution is 0.0697. The van der Waals surface area contributed by atoms with Gasteiger partial charge in [-0.2, -0.15) is 0 Å². The number of carboxylic acid groups (broad SMARTS) is 1. The molecule has 1 aromatic rings. The molecule has 0 aliphatic rings. The average Bonchev–Trinajstić information content (AvgIpc) is 2.04. The number of nitrogens with two attached hydrogens (primary N) is 1. The minimum absolute atomic E-state index is 0. The van der Waals surface area contributed by atoms with Crippen LogP contribution in [0.2, 0.25) is 0 Å². The molecule has 4 heteroatoms. The van der Waals surface area contributed by atoms with E-state index in [9.17, 15) is 4.79 Å². The molecule has 0 amide bonds. The van der Waals surface area contributed by atoms with Crippen molar-refractivity contribution in [1.29, 1.82) is 0 Å². The molecule has 0 spiro atoms. The minimum atomic E-state index is -0.919. The summed E-state index contributed by atoms with van der Waals surface area (Å²) in [6.45, 7) is 1.82. The maximum Gasteiger partial charge on any atom is 0.335 e. The van der Waals surface area contributed by atoms with E-state index in [1.807, 2.05) is 13.0 Å². The Morgan fingerprint density at radius 1 is 1.54 bits per heavy atom. The van der Waals surface area contributed by atoms with E-state index in [0.29, 0.717) is 0 Å². The van der Waals surface area contributed by atoms with Gasteiger partial charge in [-0.25, -0.2) is 4.79 Å². The number of carbonyl (C=O) groups is 1. The minimum Gasteiger partial charge on any atom is -0.478 e. The first kappa shape index (κ1) is 11.9. The molecular formula is C9H12ClNO2. The van der Waals surface area contributed by atoms with Gasteiger partial charge >= 0.3 is 5.97 Å². The summed E-state index contributed by atoms with van der Waals surface area (Å²) in [6, 6.07) is 6.53. The predicted molar refractivity (Wildman–Crippen MR) is 53.3 cm³/mol. The number of benzene rings is 1. The fraction of sp³-hybridized carbons (Fsp3) is 0.222. The summed E-state index contributed by atoms with van der Waals surface area (Å²) in [7, 11) is 0. The first-order chi connectivity index (χ1) is 5.61. The zero-order chi connectivity index (χ0) is 9.14. The molecule has 13 heavy (non-hydrogen) atoms. The Kier molecular flexibility index (Phi) is 4.45. The molecule has 3 N–H and O–H groups in total. The van der Waals surface area contributed by atoms with Crippen molar-refractivity contribution in [3.8, 4) is 0 Å². The van der Waals surface area contributed by atoms with Gasteiger partial charge in [0.25, 0.3) is 0 Å². The fourth-order valence-electron chi connectivity index (χ4n) is 0.955. The van der Waals surface area contributed by atoms with Gasteiger partial charge in [-0.05, 0) is 24.6 Å². The highest BCUT2D eigenvalue weighted by Gasteiger charge is 2.04. The summed E-state index contributed by atoms with van der Waals surface area (Å²) in [6.07, 6.45) is 0. The van der Waals surface area contributed by atoms with Crippen LogP contribution in [-0.2, 0) is 0 Å². The Hall–Kier alpha value is -1.06. The molecule has 0 aromatic heterocycles. The zero-order valence-electron chi connectivity index (χ0n) is 7.23. The van der Waals surface area contributed by atoms with Crippen molar-refractivity contribution in [2.45, 2.75) is 13.0 Å². The van der Waals surface area contributed by atoms with E-state index in [2.05, 4.69) is 0 Å². The van der Waals surface area contributed by atoms with Crippen LogP contribution in [0.15, 0.2) is 24.3 Å². The number of aromatic carboxylic acids is 1. The van der Waals surface area contributed by atoms with Crippen LogP contribution in [0.5, 0.6) is 0 Å². The summed E-state index contributed by atoms with van der Waals surface area (Å²) >= 11 is 0. The van der Waals surface area contributed by atoms with Crippen molar-refractivity contribution < 1.29 is 9.90 Å². The molecule has 0 heterocycles. The Labute approximate surface area is 83.0 Å². The van der Waals surface area contributed by atoms with E-state index >= 15 is 0 Å². The van der Waals surface area contributed by atoms with Crippen LogP contribution in [0.1, 0.15) is 28.9 Å². The van der Waals surface area contributed by atoms with Crippen LogP contribution in [0.25, 0.3) is 0 Å². The van der Waals surface area contributed by atoms with Gasteiger partial charge in [0, 0.05) is 6.04 Å². The van der Waals surface area contributed by atoms with Crippen molar-refractivity contribution in [3.63, 3.8) is 0 Å². The maximum absolute atomic E-state index is 10.5. The largest absolute Gasteiger partial charge is 0.478 e. The molecule has 1 atom stereocenters. The van der Waals surface area contributed by atoms with Crippen LogP contribution in [-0.4, -0.2) is 11.1 Å². The second-order valence-electron chi connectivity index (χ2n) is 2.72. The van der Waals surface area contributed by atoms with Gasteiger partial charge in [0.15, 0.2) is 0 Å². The lowest BCUT2D eigenvalue weighted by atomic mass is 10.1. The van der Waals surface area contributed by atoms with Gasteiger partial charge < -0.3 is 10.8 Å². The van der Waals surface area contributed by atoms with E-state index < -0.39 is 5.97 Å². The van der Waals surface area contributed by atoms with Gasteiger partial charge in [0.05, 0.1) is 5.56 Å². The first-order valence-electron chi connectivity index (χ1n) is 3.70. The van der Waals surface area contributed by atoms with Crippen LogP contribution in [0.3, 0.4) is 0 Å². The second kappa shape index (κ2) is 4.84. The first-order valence-corrected chi connectivity index (χ1v) is 3.70. The molecule has 1 aromatic carbocycles. The molecule has 0 bridgehead atoms. The molecule has 0 aliphatic carbocycles. The fourth-order valence-corrected chi connectivity index (χ4v) is 0.955. The lowest BCUT2D eigenvalue weighted by Crippen LogP contribution is -2.06. The third-order valence-electron chi connectivity index (χ3n) is 1.66. The lowest BCUT2D eigenvalue weighted by Gasteiger charge is -2.05. The Morgan fingerprint density at radius 2 is 2.15 bits per heavy atom. The van der Waals surface area contributed by atoms with Gasteiger partial charge in [0.1, 0.15) is 0 Å². The number of rotatable bonds is 2. The Morgan fingerprint density at radius 3 is 2.62 bits per heavy atom. The molecule has 72 valence electrons. The Balaban J connectivity index is 0.00000144. The Bertz CT molecular complexity index is 299. The third kappa shape index (κ3) is 3.05. The second-order valence-corrected chi connectivity index (χ2v) is 2.72. The normalized spacial score (nSPS) is 11.5. The van der Waals surface area contributed by atoms with Gasteiger partial charge in [0.2, 0.25) is 0 Å². The molecule has 0 saturated carbocycles. The van der Waals surface area contributed by atoms with Crippen molar-refractivity contribution in [2.24, 2.45) is 5.73 Å². The molecule has 0 aliphatic heterocycles. The molecule has 0 fully saturated rings. The zero-order valence-corrected chi connectivity index (χ0v) is 8.04. The molecule has 0 radical (unpaired) electrons. The van der Waals surface area contributed by atoms with Gasteiger partial charge in [-0.15, -0.1) is 12.4 Å². The monoisotopic (exact) mass is 201 g/mol. The summed E-state index contributed by atoms with van der Waals surface area (Å²) in [5.74, 6) is -0.919. The van der Waals surface area contributed by atoms with Gasteiger partial charge in [-0.3, -0.25) is 0 Å². The predicted octanol–water partition coefficient (Wildman–Crippen LogP) is 1.83. The molecule has 0 saturated heterocycles. The highest BCUT2D eigenvalue weighted by Crippen LogP contribution is 2.11. The van der Waals surface area contributed by atoms with Crippen molar-refractivity contribution in [3.05, 3.63) is 35.4 Å². The van der Waals surface area contributed by atoms with E-state index in [0.717, 1.165) is 5.56 Å². The van der Waals surface area contributed by atoms with Gasteiger partial charge in [-0.1, -0.05) is 12.1 Å². The van der Waals surface area contributed by atoms with Crippen LogP contribution in [0.4, 0.5) is 0 Å². The standard InChI is InChI=1S/C9H11NO2.ClH/c1-6(10)7-3-2-4-8(5-7)9(11)12;/h2-6H,10H2,1H3,(H,11,12);1H/t6-;/m0./s1. The van der Waals surface area contributed by atoms with E-state index in [-0.39, 0.29) is 24.0 Å². The third-order valence-corrected chi connectivity index (χ3v) is 1.66. The topological polar surface area (TPSA) is 63.3 Å². The number of halogens is 1. The summed E-state index contributed by atoms with van der Waals surface area (Å²) in [5.41, 5.74) is 6.71. The van der Waals surface area contributed by atoms with E-state index in [1.54, 1.807) is 18.2 Å². The summed E-state index contributed by atoms with van der Waals surface area (Å²) < 4.78 is 0. The SMILES string of the molecule is C[C@H](N)c1cccc(C(=O)O)c1.Cl. The molecule has 3 nitrogen and oxygen atoms in total. The average molecular weight is 202 g/mol. The van der Waals surface area contributed by atoms with Crippen molar-refractivity contribution >= 4 is 18.4 Å². The quantitative estimate of drug-likeness (QED) is 0.768. The smallest absolute Gasteiger partial charge is 0.335 e. The van der Waals surface area contributed by atoms with Crippen molar-refractivity contribution in [2.75, 3.05) is 0 Å². The highest BCUT2D eigenvalue weighted by molar-refractivity contribution is 5.87. The van der Waals surface area contributed by atoms with E-state index in [1.165, 1.54) is 0 Å². The number of hydrogen-bond donors (Lipinski definition) is 2. The number of hydrogen-bond acceptors (Lipinski definition) is 2. The van der Waals surface area contributed by atoms with Crippen molar-refractivity contribution in [1.82, 2.24) is 0 Å². The molecular weight excluding hydrogens is 190 g/mol. The summed E-state index contributed by atoms with van der Waals surface area (Å²) in [5, 5.41) is 8.65. The molecule has 1 rings (SSSR count). The maximum atomic E-state index is 10.5. The van der Waals surface area contributed by atoms with E-state index in [4.69, 9.17) is 10.8 Å². The number of carboxylic acids is 1. The highest BCUT2D eigenvalue weighted by atomic mass is 35.5. The van der Waals surface area contributed by atoms with Crippen LogP contribution >= 0.6 is 12.4 Å².